The van der Waals surface area contributed by atoms with Gasteiger partial charge in [0.2, 0.25) is 0 Å². The van der Waals surface area contributed by atoms with E-state index in [-0.39, 0.29) is 17.6 Å². The predicted molar refractivity (Wildman–Crippen MR) is 78.8 cm³/mol. The van der Waals surface area contributed by atoms with Crippen molar-refractivity contribution >= 4 is 17.3 Å². The smallest absolute Gasteiger partial charge is 0.270 e. The number of nitro benzene ring substituents is 1. The lowest BCUT2D eigenvalue weighted by atomic mass is 9.83. The van der Waals surface area contributed by atoms with Crippen LogP contribution in [-0.2, 0) is 0 Å². The number of nitro groups is 1. The molecule has 1 aromatic rings. The SMILES string of the molecule is CCNC(C)C(c1ccc([N+](=O)[O-])cc1Cl)C(C)C. The van der Waals surface area contributed by atoms with E-state index in [0.717, 1.165) is 12.1 Å². The molecule has 1 N–H and O–H groups in total. The Balaban J connectivity index is 3.13. The predicted octanol–water partition coefficient (Wildman–Crippen LogP) is 3.99. The van der Waals surface area contributed by atoms with E-state index in [0.29, 0.717) is 10.9 Å². The normalized spacial score (nSPS) is 14.4. The van der Waals surface area contributed by atoms with Gasteiger partial charge >= 0.3 is 0 Å². The van der Waals surface area contributed by atoms with Gasteiger partial charge < -0.3 is 5.32 Å². The topological polar surface area (TPSA) is 55.2 Å². The van der Waals surface area contributed by atoms with E-state index in [2.05, 4.69) is 33.0 Å². The van der Waals surface area contributed by atoms with Crippen molar-refractivity contribution < 1.29 is 4.92 Å². The Kier molecular flexibility index (Phi) is 5.76. The Hall–Kier alpha value is -1.13. The molecule has 0 aliphatic rings. The van der Waals surface area contributed by atoms with Crippen molar-refractivity contribution in [3.8, 4) is 0 Å². The van der Waals surface area contributed by atoms with Gasteiger partial charge in [0.05, 0.1) is 9.95 Å². The Morgan fingerprint density at radius 1 is 1.37 bits per heavy atom. The standard InChI is InChI=1S/C14H21ClN2O2/c1-5-16-10(4)14(9(2)3)12-7-6-11(17(18)19)8-13(12)15/h6-10,14,16H,5H2,1-4H3. The molecule has 0 spiro atoms. The third-order valence-corrected chi connectivity index (χ3v) is 3.66. The summed E-state index contributed by atoms with van der Waals surface area (Å²) in [7, 11) is 0. The number of hydrogen-bond donors (Lipinski definition) is 1. The second-order valence-corrected chi connectivity index (χ2v) is 5.49. The van der Waals surface area contributed by atoms with Crippen LogP contribution in [-0.4, -0.2) is 17.5 Å². The molecule has 0 amide bonds. The fraction of sp³-hybridized carbons (Fsp3) is 0.571. The molecular weight excluding hydrogens is 264 g/mol. The third-order valence-electron chi connectivity index (χ3n) is 3.34. The molecule has 0 bridgehead atoms. The number of likely N-dealkylation sites (N-methyl/N-ethyl adjacent to an activating group) is 1. The maximum Gasteiger partial charge on any atom is 0.270 e. The second-order valence-electron chi connectivity index (χ2n) is 5.08. The summed E-state index contributed by atoms with van der Waals surface area (Å²) in [6.07, 6.45) is 0. The first kappa shape index (κ1) is 15.9. The summed E-state index contributed by atoms with van der Waals surface area (Å²) in [6, 6.07) is 5.00. The van der Waals surface area contributed by atoms with E-state index in [4.69, 9.17) is 11.6 Å². The highest BCUT2D eigenvalue weighted by atomic mass is 35.5. The van der Waals surface area contributed by atoms with Gasteiger partial charge in [0.1, 0.15) is 0 Å². The molecule has 0 fully saturated rings. The molecule has 19 heavy (non-hydrogen) atoms. The molecule has 0 heterocycles. The summed E-state index contributed by atoms with van der Waals surface area (Å²) in [6.45, 7) is 9.33. The third kappa shape index (κ3) is 3.91. The fourth-order valence-corrected chi connectivity index (χ4v) is 2.86. The zero-order valence-electron chi connectivity index (χ0n) is 11.8. The van der Waals surface area contributed by atoms with Gasteiger partial charge in [0, 0.05) is 24.1 Å². The van der Waals surface area contributed by atoms with E-state index in [1.807, 2.05) is 0 Å². The maximum atomic E-state index is 10.7. The van der Waals surface area contributed by atoms with E-state index < -0.39 is 4.92 Å². The van der Waals surface area contributed by atoms with E-state index in [1.54, 1.807) is 6.07 Å². The van der Waals surface area contributed by atoms with E-state index in [1.165, 1.54) is 12.1 Å². The zero-order valence-corrected chi connectivity index (χ0v) is 12.6. The van der Waals surface area contributed by atoms with Crippen molar-refractivity contribution in [3.05, 3.63) is 38.9 Å². The second kappa shape index (κ2) is 6.87. The van der Waals surface area contributed by atoms with Crippen molar-refractivity contribution in [2.24, 2.45) is 5.92 Å². The molecule has 2 atom stereocenters. The summed E-state index contributed by atoms with van der Waals surface area (Å²) in [5.74, 6) is 0.626. The summed E-state index contributed by atoms with van der Waals surface area (Å²) < 4.78 is 0. The molecule has 106 valence electrons. The maximum absolute atomic E-state index is 10.7. The van der Waals surface area contributed by atoms with Crippen molar-refractivity contribution in [1.82, 2.24) is 5.32 Å². The number of non-ortho nitro benzene ring substituents is 1. The number of rotatable bonds is 6. The van der Waals surface area contributed by atoms with E-state index >= 15 is 0 Å². The average Bonchev–Trinajstić information content (AvgIpc) is 2.31. The van der Waals surface area contributed by atoms with Crippen LogP contribution in [0.4, 0.5) is 5.69 Å². The molecule has 0 aliphatic heterocycles. The van der Waals surface area contributed by atoms with Gasteiger partial charge in [-0.1, -0.05) is 38.4 Å². The number of halogens is 1. The summed E-state index contributed by atoms with van der Waals surface area (Å²) in [5.41, 5.74) is 1.00. The highest BCUT2D eigenvalue weighted by molar-refractivity contribution is 6.31. The Morgan fingerprint density at radius 2 is 2.00 bits per heavy atom. The molecule has 0 aromatic heterocycles. The lowest BCUT2D eigenvalue weighted by Crippen LogP contribution is -2.34. The summed E-state index contributed by atoms with van der Waals surface area (Å²) in [5, 5.41) is 14.6. The highest BCUT2D eigenvalue weighted by Crippen LogP contribution is 2.34. The molecule has 0 radical (unpaired) electrons. The Bertz CT molecular complexity index is 449. The molecule has 0 saturated carbocycles. The molecule has 0 aliphatic carbocycles. The first-order valence-electron chi connectivity index (χ1n) is 6.55. The summed E-state index contributed by atoms with van der Waals surface area (Å²) in [4.78, 5) is 10.3. The van der Waals surface area contributed by atoms with Gasteiger partial charge in [-0.3, -0.25) is 10.1 Å². The quantitative estimate of drug-likeness (QED) is 0.635. The monoisotopic (exact) mass is 284 g/mol. The van der Waals surface area contributed by atoms with Crippen LogP contribution in [0.1, 0.15) is 39.2 Å². The van der Waals surface area contributed by atoms with Crippen molar-refractivity contribution in [3.63, 3.8) is 0 Å². The first-order chi connectivity index (χ1) is 8.88. The van der Waals surface area contributed by atoms with Gasteiger partial charge in [-0.15, -0.1) is 0 Å². The van der Waals surface area contributed by atoms with Crippen molar-refractivity contribution in [1.29, 1.82) is 0 Å². The Morgan fingerprint density at radius 3 is 2.42 bits per heavy atom. The summed E-state index contributed by atoms with van der Waals surface area (Å²) >= 11 is 6.22. The fourth-order valence-electron chi connectivity index (χ4n) is 2.55. The van der Waals surface area contributed by atoms with Crippen molar-refractivity contribution in [2.75, 3.05) is 6.54 Å². The van der Waals surface area contributed by atoms with Crippen LogP contribution in [0.3, 0.4) is 0 Å². The number of benzene rings is 1. The van der Waals surface area contributed by atoms with Crippen LogP contribution in [0.15, 0.2) is 18.2 Å². The molecule has 0 saturated heterocycles. The minimum Gasteiger partial charge on any atom is -0.314 e. The first-order valence-corrected chi connectivity index (χ1v) is 6.93. The lowest BCUT2D eigenvalue weighted by Gasteiger charge is -2.29. The molecule has 1 aromatic carbocycles. The van der Waals surface area contributed by atoms with Crippen LogP contribution >= 0.6 is 11.6 Å². The number of nitrogens with one attached hydrogen (secondary N) is 1. The molecule has 5 heteroatoms. The molecular formula is C14H21ClN2O2. The van der Waals surface area contributed by atoms with Crippen molar-refractivity contribution in [2.45, 2.75) is 39.7 Å². The van der Waals surface area contributed by atoms with Gasteiger partial charge in [-0.05, 0) is 24.9 Å². The largest absolute Gasteiger partial charge is 0.314 e. The minimum absolute atomic E-state index is 0.0346. The minimum atomic E-state index is -0.423. The lowest BCUT2D eigenvalue weighted by molar-refractivity contribution is -0.384. The molecule has 1 rings (SSSR count). The zero-order chi connectivity index (χ0) is 14.6. The molecule has 2 unspecified atom stereocenters. The number of hydrogen-bond acceptors (Lipinski definition) is 3. The van der Waals surface area contributed by atoms with Crippen LogP contribution in [0.25, 0.3) is 0 Å². The van der Waals surface area contributed by atoms with Crippen LogP contribution in [0.5, 0.6) is 0 Å². The average molecular weight is 285 g/mol. The van der Waals surface area contributed by atoms with Crippen LogP contribution < -0.4 is 5.32 Å². The van der Waals surface area contributed by atoms with E-state index in [9.17, 15) is 10.1 Å². The van der Waals surface area contributed by atoms with Gasteiger partial charge in [0.15, 0.2) is 0 Å². The molecule has 4 nitrogen and oxygen atoms in total. The van der Waals surface area contributed by atoms with Crippen LogP contribution in [0, 0.1) is 16.0 Å². The number of nitrogens with zero attached hydrogens (tertiary/aromatic N) is 1. The van der Waals surface area contributed by atoms with Crippen LogP contribution in [0.2, 0.25) is 5.02 Å². The van der Waals surface area contributed by atoms with Gasteiger partial charge in [0.25, 0.3) is 5.69 Å². The van der Waals surface area contributed by atoms with Gasteiger partial charge in [-0.2, -0.15) is 0 Å². The van der Waals surface area contributed by atoms with Gasteiger partial charge in [-0.25, -0.2) is 0 Å². The highest BCUT2D eigenvalue weighted by Gasteiger charge is 2.25. The Labute approximate surface area is 119 Å².